The smallest absolute Gasteiger partial charge is 0.261 e. The highest BCUT2D eigenvalue weighted by Gasteiger charge is 2.28. The summed E-state index contributed by atoms with van der Waals surface area (Å²) in [4.78, 5) is 18.4. The molecule has 0 aliphatic carbocycles. The number of carbonyl (C=O) groups excluding carboxylic acids is 1. The number of nitrogens with zero attached hydrogens (tertiary/aromatic N) is 2. The molecule has 23 heavy (non-hydrogen) atoms. The van der Waals surface area contributed by atoms with Crippen molar-refractivity contribution in [2.45, 2.75) is 6.04 Å². The molecule has 1 atom stereocenters. The summed E-state index contributed by atoms with van der Waals surface area (Å²) in [6.45, 7) is 1.99. The number of halogens is 1. The Kier molecular flexibility index (Phi) is 4.83. The molecule has 1 saturated heterocycles. The maximum Gasteiger partial charge on any atom is 0.261 e. The van der Waals surface area contributed by atoms with Crippen LogP contribution in [0.1, 0.15) is 11.6 Å². The molecular formula is C17H18FN3O2. The third-order valence-electron chi connectivity index (χ3n) is 3.81. The van der Waals surface area contributed by atoms with Crippen molar-refractivity contribution in [1.29, 1.82) is 0 Å². The summed E-state index contributed by atoms with van der Waals surface area (Å²) in [5.74, 6) is 0.0555. The van der Waals surface area contributed by atoms with Gasteiger partial charge in [0.25, 0.3) is 5.91 Å². The third-order valence-corrected chi connectivity index (χ3v) is 3.81. The van der Waals surface area contributed by atoms with Gasteiger partial charge in [0.15, 0.2) is 6.61 Å². The molecule has 1 aliphatic heterocycles. The Morgan fingerprint density at radius 1 is 1.35 bits per heavy atom. The monoisotopic (exact) mass is 315 g/mol. The Hall–Kier alpha value is -2.47. The summed E-state index contributed by atoms with van der Waals surface area (Å²) in [7, 11) is 0. The Balaban J connectivity index is 1.65. The number of pyridine rings is 1. The number of amides is 1. The van der Waals surface area contributed by atoms with Crippen LogP contribution in [0.2, 0.25) is 0 Å². The molecule has 5 nitrogen and oxygen atoms in total. The van der Waals surface area contributed by atoms with Crippen LogP contribution >= 0.6 is 0 Å². The van der Waals surface area contributed by atoms with Crippen LogP contribution < -0.4 is 10.1 Å². The summed E-state index contributed by atoms with van der Waals surface area (Å²) in [6, 6.07) is 9.42. The van der Waals surface area contributed by atoms with E-state index in [0.29, 0.717) is 18.8 Å². The SMILES string of the molecule is O=C(COc1ccc(F)cc1)N1CCNCC1c1cccnc1. The van der Waals surface area contributed by atoms with E-state index >= 15 is 0 Å². The Morgan fingerprint density at radius 3 is 2.91 bits per heavy atom. The number of aromatic nitrogens is 1. The van der Waals surface area contributed by atoms with Crippen molar-refractivity contribution < 1.29 is 13.9 Å². The van der Waals surface area contributed by atoms with Crippen molar-refractivity contribution in [3.05, 3.63) is 60.2 Å². The zero-order chi connectivity index (χ0) is 16.1. The van der Waals surface area contributed by atoms with Gasteiger partial charge in [0.05, 0.1) is 6.04 Å². The molecule has 1 fully saturated rings. The minimum absolute atomic E-state index is 0.0539. The molecular weight excluding hydrogens is 297 g/mol. The standard InChI is InChI=1S/C17H18FN3O2/c18-14-3-5-15(6-4-14)23-12-17(22)21-9-8-20-11-16(21)13-2-1-7-19-10-13/h1-7,10,16,20H,8-9,11-12H2. The number of rotatable bonds is 4. The lowest BCUT2D eigenvalue weighted by Gasteiger charge is -2.36. The van der Waals surface area contributed by atoms with Crippen molar-refractivity contribution >= 4 is 5.91 Å². The second-order valence-electron chi connectivity index (χ2n) is 5.34. The fourth-order valence-electron chi connectivity index (χ4n) is 2.63. The van der Waals surface area contributed by atoms with Crippen LogP contribution in [0.4, 0.5) is 4.39 Å². The van der Waals surface area contributed by atoms with E-state index in [1.165, 1.54) is 24.3 Å². The molecule has 2 heterocycles. The highest BCUT2D eigenvalue weighted by Crippen LogP contribution is 2.21. The van der Waals surface area contributed by atoms with Crippen LogP contribution in [0.25, 0.3) is 0 Å². The predicted molar refractivity (Wildman–Crippen MR) is 83.5 cm³/mol. The largest absolute Gasteiger partial charge is 0.484 e. The van der Waals surface area contributed by atoms with E-state index in [0.717, 1.165) is 12.1 Å². The normalized spacial score (nSPS) is 17.8. The van der Waals surface area contributed by atoms with Crippen LogP contribution in [0.3, 0.4) is 0 Å². The highest BCUT2D eigenvalue weighted by atomic mass is 19.1. The maximum atomic E-state index is 12.9. The van der Waals surface area contributed by atoms with Gasteiger partial charge in [0.1, 0.15) is 11.6 Å². The van der Waals surface area contributed by atoms with Gasteiger partial charge in [-0.3, -0.25) is 9.78 Å². The van der Waals surface area contributed by atoms with Gasteiger partial charge in [0, 0.05) is 32.0 Å². The maximum absolute atomic E-state index is 12.9. The van der Waals surface area contributed by atoms with Crippen molar-refractivity contribution in [3.8, 4) is 5.75 Å². The number of piperazine rings is 1. The number of ether oxygens (including phenoxy) is 1. The van der Waals surface area contributed by atoms with E-state index in [2.05, 4.69) is 10.3 Å². The number of hydrogen-bond acceptors (Lipinski definition) is 4. The lowest BCUT2D eigenvalue weighted by molar-refractivity contribution is -0.136. The van der Waals surface area contributed by atoms with Crippen LogP contribution in [0.5, 0.6) is 5.75 Å². The quantitative estimate of drug-likeness (QED) is 0.934. The van der Waals surface area contributed by atoms with Gasteiger partial charge in [0.2, 0.25) is 0 Å². The third kappa shape index (κ3) is 3.84. The Labute approximate surface area is 134 Å². The Morgan fingerprint density at radius 2 is 2.17 bits per heavy atom. The van der Waals surface area contributed by atoms with Crippen molar-refractivity contribution in [2.24, 2.45) is 0 Å². The summed E-state index contributed by atoms with van der Waals surface area (Å²) in [5.41, 5.74) is 0.995. The van der Waals surface area contributed by atoms with E-state index in [4.69, 9.17) is 4.74 Å². The van der Waals surface area contributed by atoms with Gasteiger partial charge in [-0.05, 0) is 35.9 Å². The van der Waals surface area contributed by atoms with Gasteiger partial charge in [-0.25, -0.2) is 4.39 Å². The van der Waals surface area contributed by atoms with Crippen LogP contribution in [0, 0.1) is 5.82 Å². The van der Waals surface area contributed by atoms with Gasteiger partial charge in [-0.1, -0.05) is 6.07 Å². The lowest BCUT2D eigenvalue weighted by Crippen LogP contribution is -2.50. The fourth-order valence-corrected chi connectivity index (χ4v) is 2.63. The van der Waals surface area contributed by atoms with E-state index in [9.17, 15) is 9.18 Å². The van der Waals surface area contributed by atoms with Gasteiger partial charge in [-0.2, -0.15) is 0 Å². The first-order chi connectivity index (χ1) is 11.2. The van der Waals surface area contributed by atoms with E-state index in [-0.39, 0.29) is 24.4 Å². The first-order valence-corrected chi connectivity index (χ1v) is 7.52. The van der Waals surface area contributed by atoms with Gasteiger partial charge < -0.3 is 15.0 Å². The zero-order valence-electron chi connectivity index (χ0n) is 12.6. The van der Waals surface area contributed by atoms with Crippen molar-refractivity contribution in [3.63, 3.8) is 0 Å². The van der Waals surface area contributed by atoms with E-state index in [1.807, 2.05) is 12.1 Å². The second-order valence-corrected chi connectivity index (χ2v) is 5.34. The van der Waals surface area contributed by atoms with Crippen LogP contribution in [-0.2, 0) is 4.79 Å². The number of hydrogen-bond donors (Lipinski definition) is 1. The molecule has 0 radical (unpaired) electrons. The lowest BCUT2D eigenvalue weighted by atomic mass is 10.1. The van der Waals surface area contributed by atoms with Crippen molar-refractivity contribution in [2.75, 3.05) is 26.2 Å². The van der Waals surface area contributed by atoms with E-state index in [1.54, 1.807) is 17.3 Å². The predicted octanol–water partition coefficient (Wildman–Crippen LogP) is 1.77. The molecule has 2 aromatic rings. The topological polar surface area (TPSA) is 54.5 Å². The minimum Gasteiger partial charge on any atom is -0.484 e. The molecule has 120 valence electrons. The summed E-state index contributed by atoms with van der Waals surface area (Å²) >= 11 is 0. The van der Waals surface area contributed by atoms with Crippen LogP contribution in [0.15, 0.2) is 48.8 Å². The summed E-state index contributed by atoms with van der Waals surface area (Å²) < 4.78 is 18.3. The van der Waals surface area contributed by atoms with Crippen molar-refractivity contribution in [1.82, 2.24) is 15.2 Å². The summed E-state index contributed by atoms with van der Waals surface area (Å²) in [5, 5.41) is 3.29. The first kappa shape index (κ1) is 15.4. The molecule has 0 bridgehead atoms. The first-order valence-electron chi connectivity index (χ1n) is 7.52. The second kappa shape index (κ2) is 7.19. The van der Waals surface area contributed by atoms with Crippen LogP contribution in [-0.4, -0.2) is 42.0 Å². The molecule has 0 saturated carbocycles. The molecule has 1 aromatic carbocycles. The average molecular weight is 315 g/mol. The molecule has 1 N–H and O–H groups in total. The number of carbonyl (C=O) groups is 1. The molecule has 1 aliphatic rings. The molecule has 1 amide bonds. The number of benzene rings is 1. The molecule has 6 heteroatoms. The minimum atomic E-state index is -0.331. The van der Waals surface area contributed by atoms with Gasteiger partial charge >= 0.3 is 0 Å². The molecule has 0 spiro atoms. The zero-order valence-corrected chi connectivity index (χ0v) is 12.6. The summed E-state index contributed by atoms with van der Waals surface area (Å²) in [6.07, 6.45) is 3.49. The molecule has 3 rings (SSSR count). The van der Waals surface area contributed by atoms with E-state index < -0.39 is 0 Å². The molecule has 1 unspecified atom stereocenters. The fraction of sp³-hybridized carbons (Fsp3) is 0.294. The van der Waals surface area contributed by atoms with Gasteiger partial charge in [-0.15, -0.1) is 0 Å². The average Bonchev–Trinajstić information content (AvgIpc) is 2.62. The highest BCUT2D eigenvalue weighted by molar-refractivity contribution is 5.78. The number of nitrogens with one attached hydrogen (secondary N) is 1. The molecule has 1 aromatic heterocycles. The Bertz CT molecular complexity index is 649.